The van der Waals surface area contributed by atoms with Gasteiger partial charge in [-0.3, -0.25) is 10.1 Å². The van der Waals surface area contributed by atoms with Gasteiger partial charge in [0.15, 0.2) is 0 Å². The summed E-state index contributed by atoms with van der Waals surface area (Å²) in [6.07, 6.45) is -3.93. The van der Waals surface area contributed by atoms with E-state index >= 15 is 0 Å². The number of hydrogen-bond donors (Lipinski definition) is 2. The van der Waals surface area contributed by atoms with Crippen LogP contribution in [0, 0.1) is 0 Å². The maximum absolute atomic E-state index is 13.2. The predicted octanol–water partition coefficient (Wildman–Crippen LogP) is 1.33. The minimum absolute atomic E-state index is 0.0743. The van der Waals surface area contributed by atoms with Gasteiger partial charge in [-0.15, -0.1) is 0 Å². The molecule has 2 N–H and O–H groups in total. The lowest BCUT2D eigenvalue weighted by Crippen LogP contribution is -2.72. The zero-order chi connectivity index (χ0) is 15.1. The van der Waals surface area contributed by atoms with Crippen LogP contribution in [0.15, 0.2) is 0 Å². The topological polar surface area (TPSA) is 67.4 Å². The Morgan fingerprint density at radius 3 is 2.16 bits per heavy atom. The molecular weight excluding hydrogens is 265 g/mol. The van der Waals surface area contributed by atoms with Crippen LogP contribution in [0.3, 0.4) is 0 Å². The van der Waals surface area contributed by atoms with E-state index in [1.165, 1.54) is 6.92 Å². The molecule has 0 aliphatic heterocycles. The Hall–Kier alpha value is -1.31. The maximum atomic E-state index is 13.2. The van der Waals surface area contributed by atoms with Gasteiger partial charge in [-0.1, -0.05) is 13.3 Å². The van der Waals surface area contributed by atoms with Crippen LogP contribution >= 0.6 is 0 Å². The first-order chi connectivity index (χ1) is 8.71. The Labute approximate surface area is 109 Å². The highest BCUT2D eigenvalue weighted by atomic mass is 19.4. The van der Waals surface area contributed by atoms with E-state index in [-0.39, 0.29) is 13.2 Å². The van der Waals surface area contributed by atoms with E-state index in [1.54, 1.807) is 12.2 Å². The lowest BCUT2D eigenvalue weighted by molar-refractivity contribution is -0.221. The van der Waals surface area contributed by atoms with Crippen molar-refractivity contribution in [1.82, 2.24) is 10.6 Å². The van der Waals surface area contributed by atoms with Crippen molar-refractivity contribution >= 4 is 11.9 Å². The van der Waals surface area contributed by atoms with Crippen molar-refractivity contribution in [3.63, 3.8) is 0 Å². The van der Waals surface area contributed by atoms with E-state index in [4.69, 9.17) is 0 Å². The molecule has 5 nitrogen and oxygen atoms in total. The lowest BCUT2D eigenvalue weighted by atomic mass is 10.1. The van der Waals surface area contributed by atoms with Gasteiger partial charge in [-0.05, 0) is 19.9 Å². The van der Waals surface area contributed by atoms with Crippen molar-refractivity contribution in [3.05, 3.63) is 0 Å². The van der Waals surface area contributed by atoms with Gasteiger partial charge in [0, 0.05) is 6.92 Å². The molecule has 0 rings (SSSR count). The van der Waals surface area contributed by atoms with Crippen molar-refractivity contribution < 1.29 is 27.5 Å². The fourth-order valence-electron chi connectivity index (χ4n) is 1.41. The van der Waals surface area contributed by atoms with E-state index in [2.05, 4.69) is 10.1 Å². The summed E-state index contributed by atoms with van der Waals surface area (Å²) in [6.45, 7) is 3.79. The highest BCUT2D eigenvalue weighted by Crippen LogP contribution is 2.29. The Bertz CT molecular complexity index is 321. The molecule has 0 saturated carbocycles. The number of alkyl halides is 3. The molecule has 0 aromatic rings. The van der Waals surface area contributed by atoms with Crippen LogP contribution < -0.4 is 10.6 Å². The first-order valence-corrected chi connectivity index (χ1v) is 5.99. The molecule has 1 unspecified atom stereocenters. The van der Waals surface area contributed by atoms with Crippen LogP contribution in [0.5, 0.6) is 0 Å². The van der Waals surface area contributed by atoms with Crippen molar-refractivity contribution in [2.24, 2.45) is 0 Å². The second-order valence-corrected chi connectivity index (χ2v) is 3.93. The van der Waals surface area contributed by atoms with Crippen LogP contribution in [0.1, 0.15) is 33.6 Å². The molecule has 0 bridgehead atoms. The second-order valence-electron chi connectivity index (χ2n) is 3.93. The van der Waals surface area contributed by atoms with E-state index in [9.17, 15) is 22.8 Å². The number of unbranched alkanes of at least 4 members (excludes halogenated alkanes) is 1. The molecule has 0 saturated heterocycles. The Morgan fingerprint density at radius 2 is 1.79 bits per heavy atom. The van der Waals surface area contributed by atoms with E-state index < -0.39 is 23.7 Å². The quantitative estimate of drug-likeness (QED) is 0.420. The smallest absolute Gasteiger partial charge is 0.436 e. The largest absolute Gasteiger partial charge is 0.463 e. The first kappa shape index (κ1) is 17.7. The molecule has 0 fully saturated rings. The minimum atomic E-state index is -5.00. The molecule has 1 amide bonds. The second kappa shape index (κ2) is 7.32. The summed E-state index contributed by atoms with van der Waals surface area (Å²) in [6, 6.07) is 0. The Kier molecular flexibility index (Phi) is 6.82. The van der Waals surface area contributed by atoms with Crippen LogP contribution in [-0.2, 0) is 14.3 Å². The standard InChI is InChI=1S/C11H19F3N2O3/c1-4-6-7-15-10(11(12,13)14,16-8(3)17)9(18)19-5-2/h15H,4-7H2,1-3H3,(H,16,17). The Morgan fingerprint density at radius 1 is 1.21 bits per heavy atom. The fraction of sp³-hybridized carbons (Fsp3) is 0.818. The molecule has 0 heterocycles. The molecule has 0 spiro atoms. The lowest BCUT2D eigenvalue weighted by Gasteiger charge is -2.34. The maximum Gasteiger partial charge on any atom is 0.436 e. The molecular formula is C11H19F3N2O3. The predicted molar refractivity (Wildman–Crippen MR) is 62.1 cm³/mol. The van der Waals surface area contributed by atoms with Crippen LogP contribution in [0.4, 0.5) is 13.2 Å². The number of rotatable bonds is 7. The molecule has 19 heavy (non-hydrogen) atoms. The van der Waals surface area contributed by atoms with E-state index in [0.717, 1.165) is 6.92 Å². The summed E-state index contributed by atoms with van der Waals surface area (Å²) in [5.41, 5.74) is -3.19. The van der Waals surface area contributed by atoms with Gasteiger partial charge in [-0.2, -0.15) is 13.2 Å². The fourth-order valence-corrected chi connectivity index (χ4v) is 1.41. The number of carbonyl (C=O) groups is 2. The molecule has 0 aliphatic rings. The molecule has 1 atom stereocenters. The number of halogens is 3. The van der Waals surface area contributed by atoms with E-state index in [0.29, 0.717) is 12.8 Å². The zero-order valence-corrected chi connectivity index (χ0v) is 11.2. The molecule has 8 heteroatoms. The number of carbonyl (C=O) groups excluding carboxylic acids is 2. The van der Waals surface area contributed by atoms with Crippen molar-refractivity contribution in [3.8, 4) is 0 Å². The van der Waals surface area contributed by atoms with Crippen molar-refractivity contribution in [2.45, 2.75) is 45.5 Å². The van der Waals surface area contributed by atoms with Gasteiger partial charge < -0.3 is 10.1 Å². The SMILES string of the molecule is CCCCNC(NC(C)=O)(C(=O)OCC)C(F)(F)F. The Balaban J connectivity index is 5.32. The molecule has 0 radical (unpaired) electrons. The normalized spacial score (nSPS) is 14.6. The first-order valence-electron chi connectivity index (χ1n) is 5.99. The molecule has 0 aliphatic carbocycles. The summed E-state index contributed by atoms with van der Waals surface area (Å²) < 4.78 is 43.9. The summed E-state index contributed by atoms with van der Waals surface area (Å²) in [4.78, 5) is 22.6. The van der Waals surface area contributed by atoms with Gasteiger partial charge in [0.1, 0.15) is 0 Å². The molecule has 0 aromatic carbocycles. The van der Waals surface area contributed by atoms with Gasteiger partial charge >= 0.3 is 12.1 Å². The summed E-state index contributed by atoms with van der Waals surface area (Å²) >= 11 is 0. The summed E-state index contributed by atoms with van der Waals surface area (Å²) in [5, 5.41) is 3.69. The third-order valence-corrected chi connectivity index (χ3v) is 2.29. The third-order valence-electron chi connectivity index (χ3n) is 2.29. The third kappa shape index (κ3) is 4.70. The van der Waals surface area contributed by atoms with Gasteiger partial charge in [0.25, 0.3) is 5.66 Å². The van der Waals surface area contributed by atoms with Crippen LogP contribution in [-0.4, -0.2) is 36.9 Å². The number of hydrogen-bond acceptors (Lipinski definition) is 4. The highest BCUT2D eigenvalue weighted by molar-refractivity contribution is 5.87. The van der Waals surface area contributed by atoms with Gasteiger partial charge in [0.05, 0.1) is 6.61 Å². The van der Waals surface area contributed by atoms with Gasteiger partial charge in [-0.25, -0.2) is 4.79 Å². The van der Waals surface area contributed by atoms with Crippen LogP contribution in [0.25, 0.3) is 0 Å². The average molecular weight is 284 g/mol. The van der Waals surface area contributed by atoms with Crippen molar-refractivity contribution in [1.29, 1.82) is 0 Å². The zero-order valence-electron chi connectivity index (χ0n) is 11.2. The summed E-state index contributed by atoms with van der Waals surface area (Å²) in [7, 11) is 0. The monoisotopic (exact) mass is 284 g/mol. The molecule has 0 aromatic heterocycles. The number of nitrogens with one attached hydrogen (secondary N) is 2. The number of ether oxygens (including phenoxy) is 1. The number of esters is 1. The molecule has 112 valence electrons. The number of amides is 1. The van der Waals surface area contributed by atoms with E-state index in [1.807, 2.05) is 0 Å². The minimum Gasteiger partial charge on any atom is -0.463 e. The van der Waals surface area contributed by atoms with Crippen molar-refractivity contribution in [2.75, 3.05) is 13.2 Å². The van der Waals surface area contributed by atoms with Crippen LogP contribution in [0.2, 0.25) is 0 Å². The summed E-state index contributed by atoms with van der Waals surface area (Å²) in [5.74, 6) is -2.54. The van der Waals surface area contributed by atoms with Gasteiger partial charge in [0.2, 0.25) is 5.91 Å². The average Bonchev–Trinajstić information content (AvgIpc) is 2.26. The highest BCUT2D eigenvalue weighted by Gasteiger charge is 2.62.